The molecule has 1 fully saturated rings. The Labute approximate surface area is 160 Å². The molecule has 6 heteroatoms. The highest BCUT2D eigenvalue weighted by Crippen LogP contribution is 2.26. The molecule has 0 spiro atoms. The van der Waals surface area contributed by atoms with E-state index in [0.717, 1.165) is 43.5 Å². The van der Waals surface area contributed by atoms with Gasteiger partial charge in [-0.05, 0) is 43.2 Å². The molecule has 2 aromatic heterocycles. The molecule has 0 saturated carbocycles. The number of aromatic nitrogens is 4. The van der Waals surface area contributed by atoms with Crippen LogP contribution in [0.3, 0.4) is 0 Å². The molecule has 3 aromatic rings. The molecular weight excluding hydrogens is 336 g/mol. The number of anilines is 2. The molecule has 3 heterocycles. The smallest absolute Gasteiger partial charge is 0.178 e. The molecule has 142 valence electrons. The van der Waals surface area contributed by atoms with Gasteiger partial charge in [-0.15, -0.1) is 15.3 Å². The highest BCUT2D eigenvalue weighted by molar-refractivity contribution is 5.57. The molecule has 1 aliphatic rings. The molecule has 1 saturated heterocycles. The van der Waals surface area contributed by atoms with Crippen molar-refractivity contribution in [2.45, 2.75) is 40.0 Å². The molecule has 0 N–H and O–H groups in total. The molecule has 4 rings (SSSR count). The number of rotatable bonds is 2. The van der Waals surface area contributed by atoms with Crippen molar-refractivity contribution in [3.05, 3.63) is 47.3 Å². The lowest BCUT2D eigenvalue weighted by molar-refractivity contribution is 0.525. The second-order valence-corrected chi connectivity index (χ2v) is 8.43. The van der Waals surface area contributed by atoms with Crippen molar-refractivity contribution in [3.8, 4) is 0 Å². The Hall–Kier alpha value is -2.63. The molecule has 6 nitrogen and oxygen atoms in total. The van der Waals surface area contributed by atoms with Gasteiger partial charge in [0.25, 0.3) is 0 Å². The lowest BCUT2D eigenvalue weighted by atomic mass is 9.96. The molecule has 27 heavy (non-hydrogen) atoms. The van der Waals surface area contributed by atoms with Crippen molar-refractivity contribution in [1.82, 2.24) is 19.8 Å². The molecule has 1 aromatic carbocycles. The second kappa shape index (κ2) is 6.51. The fraction of sp³-hybridized carbons (Fsp3) is 0.476. The van der Waals surface area contributed by atoms with E-state index in [1.807, 2.05) is 10.6 Å². The number of piperazine rings is 1. The van der Waals surface area contributed by atoms with Gasteiger partial charge < -0.3 is 9.80 Å². The van der Waals surface area contributed by atoms with Crippen molar-refractivity contribution >= 4 is 17.2 Å². The van der Waals surface area contributed by atoms with Crippen LogP contribution in [0.1, 0.15) is 37.7 Å². The maximum absolute atomic E-state index is 4.85. The summed E-state index contributed by atoms with van der Waals surface area (Å²) in [4.78, 5) is 4.84. The lowest BCUT2D eigenvalue weighted by Crippen LogP contribution is -2.47. The lowest BCUT2D eigenvalue weighted by Gasteiger charge is -2.37. The van der Waals surface area contributed by atoms with E-state index in [0.29, 0.717) is 0 Å². The van der Waals surface area contributed by atoms with Gasteiger partial charge in [-0.25, -0.2) is 0 Å². The maximum atomic E-state index is 4.85. The van der Waals surface area contributed by atoms with Gasteiger partial charge in [0, 0.05) is 37.3 Å². The Bertz CT molecular complexity index is 960. The number of aryl methyl sites for hydroxylation is 1. The zero-order chi connectivity index (χ0) is 19.2. The van der Waals surface area contributed by atoms with Gasteiger partial charge in [-0.2, -0.15) is 4.52 Å². The van der Waals surface area contributed by atoms with Crippen molar-refractivity contribution in [1.29, 1.82) is 0 Å². The Morgan fingerprint density at radius 3 is 2.26 bits per heavy atom. The van der Waals surface area contributed by atoms with Gasteiger partial charge in [0.2, 0.25) is 0 Å². The first-order chi connectivity index (χ1) is 12.8. The summed E-state index contributed by atoms with van der Waals surface area (Å²) >= 11 is 0. The van der Waals surface area contributed by atoms with Gasteiger partial charge in [-0.1, -0.05) is 32.9 Å². The van der Waals surface area contributed by atoms with Crippen LogP contribution < -0.4 is 9.80 Å². The first kappa shape index (κ1) is 17.8. The predicted octanol–water partition coefficient (Wildman–Crippen LogP) is 3.37. The van der Waals surface area contributed by atoms with Crippen LogP contribution in [0.25, 0.3) is 5.65 Å². The highest BCUT2D eigenvalue weighted by Gasteiger charge is 2.24. The van der Waals surface area contributed by atoms with Gasteiger partial charge in [0.05, 0.1) is 0 Å². The third-order valence-corrected chi connectivity index (χ3v) is 5.44. The van der Waals surface area contributed by atoms with E-state index in [1.54, 1.807) is 0 Å². The molecule has 0 bridgehead atoms. The van der Waals surface area contributed by atoms with Crippen LogP contribution in [0.2, 0.25) is 0 Å². The van der Waals surface area contributed by atoms with Crippen LogP contribution >= 0.6 is 0 Å². The monoisotopic (exact) mass is 364 g/mol. The Morgan fingerprint density at radius 2 is 1.56 bits per heavy atom. The van der Waals surface area contributed by atoms with Crippen LogP contribution in [0.5, 0.6) is 0 Å². The van der Waals surface area contributed by atoms with Crippen molar-refractivity contribution in [2.75, 3.05) is 36.0 Å². The quantitative estimate of drug-likeness (QED) is 0.698. The maximum Gasteiger partial charge on any atom is 0.178 e. The SMILES string of the molecule is Cc1cccc(N2CCN(c3ccc4nnc(C(C)(C)C)n4n3)CC2)c1C. The minimum atomic E-state index is -0.0908. The number of fused-ring (bicyclic) bond motifs is 1. The zero-order valence-electron chi connectivity index (χ0n) is 16.9. The molecular formula is C21H28N6. The summed E-state index contributed by atoms with van der Waals surface area (Å²) in [6.45, 7) is 14.7. The Kier molecular flexibility index (Phi) is 4.29. The number of benzene rings is 1. The van der Waals surface area contributed by atoms with E-state index in [1.165, 1.54) is 16.8 Å². The van der Waals surface area contributed by atoms with Crippen molar-refractivity contribution in [3.63, 3.8) is 0 Å². The van der Waals surface area contributed by atoms with E-state index in [9.17, 15) is 0 Å². The average molecular weight is 364 g/mol. The number of nitrogens with zero attached hydrogens (tertiary/aromatic N) is 6. The first-order valence-corrected chi connectivity index (χ1v) is 9.63. The van der Waals surface area contributed by atoms with E-state index in [-0.39, 0.29) is 5.41 Å². The van der Waals surface area contributed by atoms with Crippen molar-refractivity contribution in [2.24, 2.45) is 0 Å². The molecule has 1 aliphatic heterocycles. The van der Waals surface area contributed by atoms with Crippen LogP contribution in [0.15, 0.2) is 30.3 Å². The van der Waals surface area contributed by atoms with Crippen LogP contribution in [-0.4, -0.2) is 46.0 Å². The summed E-state index contributed by atoms with van der Waals surface area (Å²) in [6, 6.07) is 10.6. The topological polar surface area (TPSA) is 49.6 Å². The van der Waals surface area contributed by atoms with E-state index < -0.39 is 0 Å². The molecule has 0 aliphatic carbocycles. The third kappa shape index (κ3) is 3.24. The first-order valence-electron chi connectivity index (χ1n) is 9.63. The van der Waals surface area contributed by atoms with Gasteiger partial charge in [0.15, 0.2) is 11.5 Å². The van der Waals surface area contributed by atoms with E-state index in [4.69, 9.17) is 5.10 Å². The number of hydrogen-bond donors (Lipinski definition) is 0. The molecule has 0 atom stereocenters. The summed E-state index contributed by atoms with van der Waals surface area (Å²) in [6.07, 6.45) is 0. The van der Waals surface area contributed by atoms with Crippen LogP contribution in [-0.2, 0) is 5.41 Å². The van der Waals surface area contributed by atoms with Crippen LogP contribution in [0.4, 0.5) is 11.5 Å². The van der Waals surface area contributed by atoms with Gasteiger partial charge >= 0.3 is 0 Å². The zero-order valence-corrected chi connectivity index (χ0v) is 16.9. The molecule has 0 amide bonds. The highest BCUT2D eigenvalue weighted by atomic mass is 15.4. The minimum Gasteiger partial charge on any atom is -0.368 e. The summed E-state index contributed by atoms with van der Waals surface area (Å²) in [5, 5.41) is 13.5. The fourth-order valence-corrected chi connectivity index (χ4v) is 3.67. The fourth-order valence-electron chi connectivity index (χ4n) is 3.67. The standard InChI is InChI=1S/C21H28N6/c1-15-7-6-8-17(16(15)2)25-11-13-26(14-12-25)19-10-9-18-22-23-20(21(3,4)5)27(18)24-19/h6-10H,11-14H2,1-5H3. The Morgan fingerprint density at radius 1 is 0.852 bits per heavy atom. The van der Waals surface area contributed by atoms with Crippen LogP contribution in [0, 0.1) is 13.8 Å². The summed E-state index contributed by atoms with van der Waals surface area (Å²) in [5.74, 6) is 1.89. The second-order valence-electron chi connectivity index (χ2n) is 8.43. The normalized spacial score (nSPS) is 15.6. The largest absolute Gasteiger partial charge is 0.368 e. The van der Waals surface area contributed by atoms with Gasteiger partial charge in [0.1, 0.15) is 5.82 Å². The Balaban J connectivity index is 1.55. The van der Waals surface area contributed by atoms with E-state index in [2.05, 4.69) is 78.9 Å². The van der Waals surface area contributed by atoms with Crippen molar-refractivity contribution < 1.29 is 0 Å². The molecule has 0 unspecified atom stereocenters. The molecule has 0 radical (unpaired) electrons. The van der Waals surface area contributed by atoms with E-state index >= 15 is 0 Å². The number of hydrogen-bond acceptors (Lipinski definition) is 5. The summed E-state index contributed by atoms with van der Waals surface area (Å²) in [7, 11) is 0. The average Bonchev–Trinajstić information content (AvgIpc) is 3.08. The predicted molar refractivity (Wildman–Crippen MR) is 110 cm³/mol. The van der Waals surface area contributed by atoms with Gasteiger partial charge in [-0.3, -0.25) is 0 Å². The summed E-state index contributed by atoms with van der Waals surface area (Å²) in [5.41, 5.74) is 4.80. The summed E-state index contributed by atoms with van der Waals surface area (Å²) < 4.78 is 1.90. The third-order valence-electron chi connectivity index (χ3n) is 5.44. The minimum absolute atomic E-state index is 0.0908.